The lowest BCUT2D eigenvalue weighted by molar-refractivity contribution is -0.113. The number of benzene rings is 2. The Bertz CT molecular complexity index is 1130. The van der Waals surface area contributed by atoms with E-state index in [-0.39, 0.29) is 16.6 Å². The van der Waals surface area contributed by atoms with Gasteiger partial charge < -0.3 is 9.88 Å². The molecule has 0 aliphatic rings. The van der Waals surface area contributed by atoms with E-state index in [4.69, 9.17) is 5.14 Å². The molecule has 1 aromatic heterocycles. The fraction of sp³-hybridized carbons (Fsp3) is 0.263. The molecule has 0 saturated carbocycles. The highest BCUT2D eigenvalue weighted by atomic mass is 127. The Balaban J connectivity index is 1.80. The molecule has 1 heterocycles. The number of rotatable bonds is 8. The first-order chi connectivity index (χ1) is 13.8. The highest BCUT2D eigenvalue weighted by Crippen LogP contribution is 2.26. The number of nitrogens with zero attached hydrogens (tertiary/aromatic N) is 2. The minimum absolute atomic E-state index is 0.0261. The van der Waals surface area contributed by atoms with Crippen molar-refractivity contribution in [2.45, 2.75) is 36.4 Å². The maximum Gasteiger partial charge on any atom is 0.238 e. The van der Waals surface area contributed by atoms with Gasteiger partial charge in [-0.25, -0.2) is 18.5 Å². The quantitative estimate of drug-likeness (QED) is 0.331. The normalized spacial score (nSPS) is 11.7. The molecule has 2 aromatic carbocycles. The number of aromatic nitrogens is 2. The Morgan fingerprint density at radius 2 is 1.97 bits per heavy atom. The number of aryl methyl sites for hydroxylation is 1. The van der Waals surface area contributed by atoms with Crippen molar-refractivity contribution in [1.29, 1.82) is 0 Å². The summed E-state index contributed by atoms with van der Waals surface area (Å²) in [6.45, 7) is 2.84. The third-order valence-corrected chi connectivity index (χ3v) is 6.82. The van der Waals surface area contributed by atoms with Gasteiger partial charge in [-0.05, 0) is 71.5 Å². The number of halogens is 1. The zero-order valence-corrected chi connectivity index (χ0v) is 19.6. The Morgan fingerprint density at radius 1 is 1.24 bits per heavy atom. The average Bonchev–Trinajstić information content (AvgIpc) is 3.02. The molecule has 0 saturated heterocycles. The number of hydrogen-bond donors (Lipinski definition) is 2. The lowest BCUT2D eigenvalue weighted by Gasteiger charge is -2.09. The minimum Gasteiger partial charge on any atom is -0.325 e. The zero-order valence-electron chi connectivity index (χ0n) is 15.8. The van der Waals surface area contributed by atoms with Crippen molar-refractivity contribution in [3.05, 3.63) is 46.0 Å². The fourth-order valence-electron chi connectivity index (χ4n) is 2.77. The number of nitrogens with one attached hydrogen (secondary N) is 1. The van der Waals surface area contributed by atoms with Gasteiger partial charge in [0, 0.05) is 15.8 Å². The van der Waals surface area contributed by atoms with Crippen LogP contribution in [0, 0.1) is 3.57 Å². The van der Waals surface area contributed by atoms with Crippen molar-refractivity contribution < 1.29 is 13.2 Å². The Morgan fingerprint density at radius 3 is 2.62 bits per heavy atom. The molecule has 154 valence electrons. The van der Waals surface area contributed by atoms with Crippen molar-refractivity contribution in [1.82, 2.24) is 9.55 Å². The van der Waals surface area contributed by atoms with Crippen molar-refractivity contribution in [3.8, 4) is 0 Å². The largest absolute Gasteiger partial charge is 0.325 e. The van der Waals surface area contributed by atoms with Gasteiger partial charge in [-0.15, -0.1) is 0 Å². The van der Waals surface area contributed by atoms with Crippen LogP contribution in [0.3, 0.4) is 0 Å². The molecule has 0 unspecified atom stereocenters. The first-order valence-corrected chi connectivity index (χ1v) is 12.6. The van der Waals surface area contributed by atoms with Gasteiger partial charge in [0.05, 0.1) is 21.7 Å². The van der Waals surface area contributed by atoms with E-state index in [1.807, 2.05) is 28.8 Å². The van der Waals surface area contributed by atoms with E-state index >= 15 is 0 Å². The minimum atomic E-state index is -3.80. The van der Waals surface area contributed by atoms with Gasteiger partial charge in [-0.2, -0.15) is 0 Å². The summed E-state index contributed by atoms with van der Waals surface area (Å²) in [4.78, 5) is 16.9. The smallest absolute Gasteiger partial charge is 0.238 e. The highest BCUT2D eigenvalue weighted by molar-refractivity contribution is 14.1. The molecule has 0 aliphatic heterocycles. The maximum atomic E-state index is 12.3. The third kappa shape index (κ3) is 5.71. The molecule has 3 aromatic rings. The van der Waals surface area contributed by atoms with Gasteiger partial charge in [0.25, 0.3) is 0 Å². The molecular formula is C19H21IN4O3S2. The number of thioether (sulfide) groups is 1. The summed E-state index contributed by atoms with van der Waals surface area (Å²) < 4.78 is 26.4. The molecule has 0 spiro atoms. The predicted octanol–water partition coefficient (Wildman–Crippen LogP) is 3.82. The first kappa shape index (κ1) is 22.1. The van der Waals surface area contributed by atoms with Crippen LogP contribution in [0.5, 0.6) is 0 Å². The maximum absolute atomic E-state index is 12.3. The summed E-state index contributed by atoms with van der Waals surface area (Å²) in [5, 5.41) is 8.78. The van der Waals surface area contributed by atoms with Crippen LogP contribution in [0.2, 0.25) is 0 Å². The van der Waals surface area contributed by atoms with Crippen LogP contribution < -0.4 is 10.5 Å². The summed E-state index contributed by atoms with van der Waals surface area (Å²) in [7, 11) is -3.80. The Labute approximate surface area is 187 Å². The van der Waals surface area contributed by atoms with Gasteiger partial charge in [0.2, 0.25) is 15.9 Å². The van der Waals surface area contributed by atoms with E-state index in [0.717, 1.165) is 34.2 Å². The molecule has 0 radical (unpaired) electrons. The lowest BCUT2D eigenvalue weighted by Crippen LogP contribution is -2.14. The van der Waals surface area contributed by atoms with Gasteiger partial charge in [0.15, 0.2) is 5.16 Å². The number of carbonyl (C=O) groups excluding carboxylic acids is 1. The number of amides is 1. The number of unbranched alkanes of at least 4 members (excludes halogenated alkanes) is 1. The van der Waals surface area contributed by atoms with E-state index < -0.39 is 10.0 Å². The monoisotopic (exact) mass is 544 g/mol. The second-order valence-electron chi connectivity index (χ2n) is 6.44. The second kappa shape index (κ2) is 9.45. The van der Waals surface area contributed by atoms with Crippen LogP contribution in [0.15, 0.2) is 52.5 Å². The number of nitrogens with two attached hydrogens (primary N) is 1. The fourth-order valence-corrected chi connectivity index (χ4v) is 4.50. The van der Waals surface area contributed by atoms with E-state index in [1.165, 1.54) is 23.9 Å². The number of primary sulfonamides is 1. The van der Waals surface area contributed by atoms with Crippen molar-refractivity contribution >= 4 is 67.0 Å². The van der Waals surface area contributed by atoms with E-state index in [9.17, 15) is 13.2 Å². The van der Waals surface area contributed by atoms with E-state index in [2.05, 4.69) is 39.8 Å². The van der Waals surface area contributed by atoms with Crippen LogP contribution in [0.1, 0.15) is 19.8 Å². The van der Waals surface area contributed by atoms with Crippen LogP contribution in [-0.2, 0) is 21.4 Å². The number of hydrogen-bond acceptors (Lipinski definition) is 5. The predicted molar refractivity (Wildman–Crippen MR) is 125 cm³/mol. The van der Waals surface area contributed by atoms with Gasteiger partial charge in [0.1, 0.15) is 0 Å². The molecule has 1 amide bonds. The van der Waals surface area contributed by atoms with Crippen LogP contribution in [0.4, 0.5) is 5.69 Å². The molecule has 0 atom stereocenters. The topological polar surface area (TPSA) is 107 Å². The van der Waals surface area contributed by atoms with Crippen molar-refractivity contribution in [3.63, 3.8) is 0 Å². The van der Waals surface area contributed by atoms with Crippen molar-refractivity contribution in [2.75, 3.05) is 11.1 Å². The highest BCUT2D eigenvalue weighted by Gasteiger charge is 2.16. The van der Waals surface area contributed by atoms with Crippen LogP contribution >= 0.6 is 34.4 Å². The molecule has 0 fully saturated rings. The third-order valence-electron chi connectivity index (χ3n) is 4.21. The molecule has 7 nitrogen and oxygen atoms in total. The summed E-state index contributed by atoms with van der Waals surface area (Å²) >= 11 is 3.53. The average molecular weight is 544 g/mol. The summed E-state index contributed by atoms with van der Waals surface area (Å²) in [5.41, 5.74) is 2.12. The summed E-state index contributed by atoms with van der Waals surface area (Å²) in [5.74, 6) is 0.0688. The molecule has 3 rings (SSSR count). The number of anilines is 1. The number of fused-ring (bicyclic) bond motifs is 1. The summed E-state index contributed by atoms with van der Waals surface area (Å²) in [6.07, 6.45) is 1.96. The number of carbonyl (C=O) groups is 1. The Hall–Kier alpha value is -1.63. The first-order valence-electron chi connectivity index (χ1n) is 8.99. The summed E-state index contributed by atoms with van der Waals surface area (Å²) in [6, 6.07) is 12.2. The van der Waals surface area contributed by atoms with Gasteiger partial charge in [-0.1, -0.05) is 25.1 Å². The van der Waals surface area contributed by atoms with Crippen molar-refractivity contribution in [2.24, 2.45) is 5.14 Å². The standard InChI is InChI=1S/C19H21IN4O3S2/c1-2-3-10-24-17-9-8-15(29(21,26)27)11-16(17)23-19(24)28-12-18(25)22-14-6-4-13(20)5-7-14/h4-9,11H,2-3,10,12H2,1H3,(H,22,25)(H2,21,26,27). The molecule has 0 aliphatic carbocycles. The lowest BCUT2D eigenvalue weighted by atomic mass is 10.3. The number of sulfonamides is 1. The molecule has 3 N–H and O–H groups in total. The molecular weight excluding hydrogens is 523 g/mol. The second-order valence-corrected chi connectivity index (χ2v) is 10.2. The van der Waals surface area contributed by atoms with E-state index in [0.29, 0.717) is 10.7 Å². The SMILES string of the molecule is CCCCn1c(SCC(=O)Nc2ccc(I)cc2)nc2cc(S(N)(=O)=O)ccc21. The van der Waals surface area contributed by atoms with Gasteiger partial charge in [-0.3, -0.25) is 4.79 Å². The molecule has 10 heteroatoms. The van der Waals surface area contributed by atoms with Gasteiger partial charge >= 0.3 is 0 Å². The number of imidazole rings is 1. The van der Waals surface area contributed by atoms with Crippen LogP contribution in [0.25, 0.3) is 11.0 Å². The molecule has 29 heavy (non-hydrogen) atoms. The van der Waals surface area contributed by atoms with E-state index in [1.54, 1.807) is 6.07 Å². The van der Waals surface area contributed by atoms with Crippen LogP contribution in [-0.4, -0.2) is 29.6 Å². The molecule has 0 bridgehead atoms. The Kier molecular flexibility index (Phi) is 7.19. The zero-order chi connectivity index (χ0) is 21.0.